The molecular formula is C21H28ClNO2. The van der Waals surface area contributed by atoms with Crippen LogP contribution in [0.4, 0.5) is 0 Å². The quantitative estimate of drug-likeness (QED) is 0.740. The Balaban J connectivity index is 1.53. The van der Waals surface area contributed by atoms with Crippen LogP contribution in [0.1, 0.15) is 51.4 Å². The van der Waals surface area contributed by atoms with Crippen LogP contribution in [-0.2, 0) is 9.53 Å². The summed E-state index contributed by atoms with van der Waals surface area (Å²) in [6, 6.07) is 0.237. The van der Waals surface area contributed by atoms with E-state index >= 15 is 0 Å². The first-order chi connectivity index (χ1) is 12.2. The number of hydrogen-bond donors (Lipinski definition) is 1. The molecule has 136 valence electrons. The summed E-state index contributed by atoms with van der Waals surface area (Å²) in [6.45, 7) is 0. The van der Waals surface area contributed by atoms with Crippen LogP contribution >= 0.6 is 11.6 Å². The maximum Gasteiger partial charge on any atom is 0.247 e. The minimum absolute atomic E-state index is 0.119. The Morgan fingerprint density at radius 2 is 2.00 bits per heavy atom. The van der Waals surface area contributed by atoms with Gasteiger partial charge in [-0.1, -0.05) is 36.6 Å². The van der Waals surface area contributed by atoms with E-state index in [1.807, 2.05) is 0 Å². The van der Waals surface area contributed by atoms with Crippen LogP contribution in [0, 0.1) is 23.7 Å². The third kappa shape index (κ3) is 3.40. The highest BCUT2D eigenvalue weighted by molar-refractivity contribution is 6.29. The van der Waals surface area contributed by atoms with E-state index in [9.17, 15) is 4.79 Å². The number of halogens is 1. The third-order valence-corrected chi connectivity index (χ3v) is 6.94. The van der Waals surface area contributed by atoms with E-state index in [-0.39, 0.29) is 17.9 Å². The molecule has 0 aromatic carbocycles. The lowest BCUT2D eigenvalue weighted by Gasteiger charge is -2.32. The van der Waals surface area contributed by atoms with E-state index in [1.165, 1.54) is 31.4 Å². The van der Waals surface area contributed by atoms with Gasteiger partial charge >= 0.3 is 0 Å². The normalized spacial score (nSPS) is 37.5. The van der Waals surface area contributed by atoms with Gasteiger partial charge in [-0.2, -0.15) is 0 Å². The Labute approximate surface area is 155 Å². The van der Waals surface area contributed by atoms with E-state index < -0.39 is 0 Å². The summed E-state index contributed by atoms with van der Waals surface area (Å²) in [5, 5.41) is 4.05. The van der Waals surface area contributed by atoms with Gasteiger partial charge in [0.15, 0.2) is 0 Å². The fourth-order valence-corrected chi connectivity index (χ4v) is 5.58. The first kappa shape index (κ1) is 17.2. The van der Waals surface area contributed by atoms with E-state index in [0.717, 1.165) is 42.2 Å². The molecule has 25 heavy (non-hydrogen) atoms. The first-order valence-electron chi connectivity index (χ1n) is 9.77. The van der Waals surface area contributed by atoms with Crippen molar-refractivity contribution < 1.29 is 9.53 Å². The highest BCUT2D eigenvalue weighted by atomic mass is 35.5. The maximum absolute atomic E-state index is 12.5. The average molecular weight is 362 g/mol. The van der Waals surface area contributed by atoms with Crippen molar-refractivity contribution in [2.24, 2.45) is 23.7 Å². The van der Waals surface area contributed by atoms with Crippen LogP contribution in [0.2, 0.25) is 0 Å². The summed E-state index contributed by atoms with van der Waals surface area (Å²) < 4.78 is 5.69. The highest BCUT2D eigenvalue weighted by Gasteiger charge is 2.40. The van der Waals surface area contributed by atoms with Crippen LogP contribution < -0.4 is 5.32 Å². The molecule has 4 rings (SSSR count). The molecule has 0 spiro atoms. The molecule has 0 bridgehead atoms. The van der Waals surface area contributed by atoms with Crippen LogP contribution in [0.15, 0.2) is 34.6 Å². The lowest BCUT2D eigenvalue weighted by Crippen LogP contribution is -2.30. The topological polar surface area (TPSA) is 38.3 Å². The minimum Gasteiger partial charge on any atom is -0.501 e. The molecule has 3 unspecified atom stereocenters. The standard InChI is InChI=1S/C21H28ClNO2/c1-25-20-9-6-13(10-16(20)14-4-2-3-5-14)11-18-17-12-15(22)7-8-19(17)23-21(18)24/h7,9,11,13-14,16-17,19H,2-6,8,10,12H2,1H3,(H,23,24)/b18-11+/t13?,16?,17-,19?/m0/s1. The molecule has 1 saturated heterocycles. The second-order valence-corrected chi connectivity index (χ2v) is 8.58. The van der Waals surface area contributed by atoms with E-state index in [2.05, 4.69) is 23.5 Å². The molecule has 1 N–H and O–H groups in total. The Hall–Kier alpha value is -1.22. The SMILES string of the molecule is COC1=CCC(/C=C2/C(=O)NC3CC=C(Cl)C[C@@H]23)CC1C1CCCC1. The number of methoxy groups -OCH3 is 1. The molecule has 0 aromatic heterocycles. The van der Waals surface area contributed by atoms with Gasteiger partial charge in [0.1, 0.15) is 0 Å². The van der Waals surface area contributed by atoms with Crippen molar-refractivity contribution in [3.8, 4) is 0 Å². The van der Waals surface area contributed by atoms with Gasteiger partial charge in [0.05, 0.1) is 12.9 Å². The van der Waals surface area contributed by atoms with Crippen molar-refractivity contribution in [2.45, 2.75) is 57.4 Å². The van der Waals surface area contributed by atoms with Gasteiger partial charge in [-0.05, 0) is 56.4 Å². The Bertz CT molecular complexity index is 630. The Morgan fingerprint density at radius 3 is 2.76 bits per heavy atom. The molecule has 3 aliphatic carbocycles. The van der Waals surface area contributed by atoms with E-state index in [1.54, 1.807) is 7.11 Å². The zero-order chi connectivity index (χ0) is 17.4. The van der Waals surface area contributed by atoms with Crippen molar-refractivity contribution in [1.29, 1.82) is 0 Å². The van der Waals surface area contributed by atoms with Crippen molar-refractivity contribution in [1.82, 2.24) is 5.32 Å². The van der Waals surface area contributed by atoms with Crippen LogP contribution in [0.25, 0.3) is 0 Å². The van der Waals surface area contributed by atoms with Gasteiger partial charge in [0.2, 0.25) is 5.91 Å². The fraction of sp³-hybridized carbons (Fsp3) is 0.667. The highest BCUT2D eigenvalue weighted by Crippen LogP contribution is 2.44. The lowest BCUT2D eigenvalue weighted by atomic mass is 9.75. The number of amides is 1. The zero-order valence-electron chi connectivity index (χ0n) is 15.0. The monoisotopic (exact) mass is 361 g/mol. The molecule has 1 saturated carbocycles. The molecule has 0 radical (unpaired) electrons. The zero-order valence-corrected chi connectivity index (χ0v) is 15.7. The molecule has 4 aliphatic rings. The van der Waals surface area contributed by atoms with Gasteiger partial charge < -0.3 is 10.1 Å². The maximum atomic E-state index is 12.5. The molecule has 0 aromatic rings. The van der Waals surface area contributed by atoms with E-state index in [4.69, 9.17) is 16.3 Å². The summed E-state index contributed by atoms with van der Waals surface area (Å²) in [5.41, 5.74) is 0.973. The molecule has 4 heteroatoms. The van der Waals surface area contributed by atoms with Gasteiger partial charge in [-0.3, -0.25) is 4.79 Å². The molecule has 2 fully saturated rings. The first-order valence-corrected chi connectivity index (χ1v) is 10.1. The molecule has 3 nitrogen and oxygen atoms in total. The molecule has 1 aliphatic heterocycles. The predicted molar refractivity (Wildman–Crippen MR) is 99.9 cm³/mol. The Kier molecular flexibility index (Phi) is 4.95. The third-order valence-electron chi connectivity index (χ3n) is 6.64. The van der Waals surface area contributed by atoms with Crippen molar-refractivity contribution >= 4 is 17.5 Å². The Morgan fingerprint density at radius 1 is 1.20 bits per heavy atom. The van der Waals surface area contributed by atoms with Crippen molar-refractivity contribution in [2.75, 3.05) is 7.11 Å². The van der Waals surface area contributed by atoms with Crippen LogP contribution in [-0.4, -0.2) is 19.1 Å². The number of rotatable bonds is 3. The van der Waals surface area contributed by atoms with Crippen LogP contribution in [0.3, 0.4) is 0 Å². The molecule has 1 amide bonds. The summed E-state index contributed by atoms with van der Waals surface area (Å²) in [7, 11) is 1.80. The van der Waals surface area contributed by atoms with Crippen LogP contribution in [0.5, 0.6) is 0 Å². The number of fused-ring (bicyclic) bond motifs is 1. The summed E-state index contributed by atoms with van der Waals surface area (Å²) in [5.74, 6) is 3.27. The summed E-state index contributed by atoms with van der Waals surface area (Å²) in [6.07, 6.45) is 15.7. The fourth-order valence-electron chi connectivity index (χ4n) is 5.33. The number of nitrogens with one attached hydrogen (secondary N) is 1. The number of ether oxygens (including phenoxy) is 1. The number of hydrogen-bond acceptors (Lipinski definition) is 2. The van der Waals surface area contributed by atoms with Gasteiger partial charge in [-0.25, -0.2) is 0 Å². The molecular weight excluding hydrogens is 334 g/mol. The smallest absolute Gasteiger partial charge is 0.247 e. The van der Waals surface area contributed by atoms with E-state index in [0.29, 0.717) is 11.8 Å². The number of allylic oxidation sites excluding steroid dienone is 4. The van der Waals surface area contributed by atoms with Crippen molar-refractivity contribution in [3.63, 3.8) is 0 Å². The largest absolute Gasteiger partial charge is 0.501 e. The molecule has 1 heterocycles. The van der Waals surface area contributed by atoms with Gasteiger partial charge in [0.25, 0.3) is 0 Å². The second kappa shape index (κ2) is 7.19. The average Bonchev–Trinajstić information content (AvgIpc) is 3.24. The van der Waals surface area contributed by atoms with Crippen molar-refractivity contribution in [3.05, 3.63) is 34.6 Å². The minimum atomic E-state index is 0.119. The summed E-state index contributed by atoms with van der Waals surface area (Å²) in [4.78, 5) is 12.5. The van der Waals surface area contributed by atoms with Gasteiger partial charge in [-0.15, -0.1) is 0 Å². The summed E-state index contributed by atoms with van der Waals surface area (Å²) >= 11 is 6.25. The number of carbonyl (C=O) groups excluding carboxylic acids is 1. The van der Waals surface area contributed by atoms with Gasteiger partial charge in [0, 0.05) is 28.5 Å². The number of carbonyl (C=O) groups is 1. The molecule has 4 atom stereocenters. The lowest BCUT2D eigenvalue weighted by molar-refractivity contribution is -0.116. The predicted octanol–water partition coefficient (Wildman–Crippen LogP) is 4.69. The second-order valence-electron chi connectivity index (χ2n) is 8.09.